The van der Waals surface area contributed by atoms with Crippen molar-refractivity contribution in [3.8, 4) is 5.75 Å². The number of nitrogens with zero attached hydrogens (tertiary/aromatic N) is 2. The molecule has 0 atom stereocenters. The van der Waals surface area contributed by atoms with Gasteiger partial charge in [-0.25, -0.2) is 4.98 Å². The van der Waals surface area contributed by atoms with Crippen LogP contribution in [0.25, 0.3) is 10.2 Å². The molecule has 1 aliphatic rings. The van der Waals surface area contributed by atoms with Crippen LogP contribution in [0.5, 0.6) is 5.75 Å². The average molecular weight is 394 g/mol. The normalized spacial score (nSPS) is 15.0. The number of Topliss-reactive ketones (excluding diaryl/α,β-unsaturated/α-hetero) is 1. The van der Waals surface area contributed by atoms with E-state index in [4.69, 9.17) is 9.72 Å². The molecule has 1 amide bonds. The molecule has 1 aliphatic heterocycles. The van der Waals surface area contributed by atoms with Crippen LogP contribution >= 0.6 is 11.3 Å². The minimum atomic E-state index is -0.00149. The van der Waals surface area contributed by atoms with Gasteiger partial charge < -0.3 is 9.64 Å². The molecule has 0 spiro atoms. The number of fused-ring (bicyclic) bond motifs is 1. The minimum Gasteiger partial charge on any atom is -0.484 e. The highest BCUT2D eigenvalue weighted by molar-refractivity contribution is 7.18. The van der Waals surface area contributed by atoms with Gasteiger partial charge in [-0.3, -0.25) is 9.59 Å². The summed E-state index contributed by atoms with van der Waals surface area (Å²) in [5.74, 6) is 1.03. The summed E-state index contributed by atoms with van der Waals surface area (Å²) in [6.07, 6.45) is 1.86. The number of para-hydroxylation sites is 1. The first kappa shape index (κ1) is 18.6. The van der Waals surface area contributed by atoms with E-state index in [1.54, 1.807) is 35.6 Å². The number of hydrogen-bond donors (Lipinski definition) is 0. The number of benzene rings is 2. The molecule has 2 heterocycles. The number of piperidine rings is 1. The molecule has 28 heavy (non-hydrogen) atoms. The van der Waals surface area contributed by atoms with E-state index in [9.17, 15) is 9.59 Å². The van der Waals surface area contributed by atoms with Crippen molar-refractivity contribution in [1.29, 1.82) is 0 Å². The summed E-state index contributed by atoms with van der Waals surface area (Å²) in [7, 11) is 0. The number of ether oxygens (including phenoxy) is 1. The SMILES string of the molecule is CC(=O)c1ccc(OCC(=O)N2CCC(c3nc4ccccc4s3)CC2)cc1. The highest BCUT2D eigenvalue weighted by atomic mass is 32.1. The first-order chi connectivity index (χ1) is 13.6. The van der Waals surface area contributed by atoms with Gasteiger partial charge in [0.2, 0.25) is 0 Å². The Hall–Kier alpha value is -2.73. The Morgan fingerprint density at radius 1 is 1.11 bits per heavy atom. The number of amides is 1. The number of hydrogen-bond acceptors (Lipinski definition) is 5. The van der Waals surface area contributed by atoms with Crippen molar-refractivity contribution in [2.24, 2.45) is 0 Å². The zero-order valence-corrected chi connectivity index (χ0v) is 16.6. The van der Waals surface area contributed by atoms with E-state index in [0.717, 1.165) is 31.4 Å². The van der Waals surface area contributed by atoms with Crippen LogP contribution in [0.15, 0.2) is 48.5 Å². The largest absolute Gasteiger partial charge is 0.484 e. The summed E-state index contributed by atoms with van der Waals surface area (Å²) in [4.78, 5) is 30.4. The van der Waals surface area contributed by atoms with Crippen LogP contribution in [-0.2, 0) is 4.79 Å². The minimum absolute atomic E-state index is 0.00149. The van der Waals surface area contributed by atoms with Crippen molar-refractivity contribution >= 4 is 33.2 Å². The fourth-order valence-corrected chi connectivity index (χ4v) is 4.60. The van der Waals surface area contributed by atoms with Crippen LogP contribution in [0.1, 0.15) is 41.0 Å². The van der Waals surface area contributed by atoms with Crippen LogP contribution in [0, 0.1) is 0 Å². The van der Waals surface area contributed by atoms with Gasteiger partial charge in [0.1, 0.15) is 5.75 Å². The maximum absolute atomic E-state index is 12.5. The van der Waals surface area contributed by atoms with E-state index in [-0.39, 0.29) is 18.3 Å². The molecular weight excluding hydrogens is 372 g/mol. The molecule has 6 heteroatoms. The molecule has 0 N–H and O–H groups in total. The van der Waals surface area contributed by atoms with Crippen LogP contribution in [0.3, 0.4) is 0 Å². The van der Waals surface area contributed by atoms with Crippen molar-refractivity contribution in [2.45, 2.75) is 25.7 Å². The number of thiazole rings is 1. The summed E-state index contributed by atoms with van der Waals surface area (Å²) < 4.78 is 6.82. The predicted octanol–water partition coefficient (Wildman–Crippen LogP) is 4.28. The van der Waals surface area contributed by atoms with Crippen molar-refractivity contribution in [3.63, 3.8) is 0 Å². The van der Waals surface area contributed by atoms with Crippen LogP contribution in [-0.4, -0.2) is 41.3 Å². The van der Waals surface area contributed by atoms with Crippen molar-refractivity contribution in [2.75, 3.05) is 19.7 Å². The number of carbonyl (C=O) groups is 2. The Morgan fingerprint density at radius 3 is 2.50 bits per heavy atom. The Morgan fingerprint density at radius 2 is 1.82 bits per heavy atom. The Labute approximate surface area is 168 Å². The van der Waals surface area contributed by atoms with Gasteiger partial charge in [0.15, 0.2) is 12.4 Å². The monoisotopic (exact) mass is 394 g/mol. The zero-order valence-electron chi connectivity index (χ0n) is 15.8. The Balaban J connectivity index is 1.29. The summed E-state index contributed by atoms with van der Waals surface area (Å²) in [6, 6.07) is 15.1. The lowest BCUT2D eigenvalue weighted by molar-refractivity contribution is -0.134. The van der Waals surface area contributed by atoms with Crippen molar-refractivity contribution in [3.05, 3.63) is 59.1 Å². The van der Waals surface area contributed by atoms with Crippen molar-refractivity contribution in [1.82, 2.24) is 9.88 Å². The molecule has 3 aromatic rings. The molecule has 0 unspecified atom stereocenters. The smallest absolute Gasteiger partial charge is 0.260 e. The van der Waals surface area contributed by atoms with Gasteiger partial charge in [-0.2, -0.15) is 0 Å². The number of carbonyl (C=O) groups excluding carboxylic acids is 2. The molecule has 5 nitrogen and oxygen atoms in total. The summed E-state index contributed by atoms with van der Waals surface area (Å²) in [5, 5.41) is 1.18. The van der Waals surface area contributed by atoms with Gasteiger partial charge in [0, 0.05) is 24.6 Å². The lowest BCUT2D eigenvalue weighted by atomic mass is 9.97. The molecule has 144 valence electrons. The average Bonchev–Trinajstić information content (AvgIpc) is 3.16. The first-order valence-corrected chi connectivity index (χ1v) is 10.3. The van der Waals surface area contributed by atoms with Crippen molar-refractivity contribution < 1.29 is 14.3 Å². The number of rotatable bonds is 5. The summed E-state index contributed by atoms with van der Waals surface area (Å²) >= 11 is 1.76. The Kier molecular flexibility index (Phi) is 5.39. The topological polar surface area (TPSA) is 59.5 Å². The standard InChI is InChI=1S/C22H22N2O3S/c1-15(25)16-6-8-18(9-7-16)27-14-21(26)24-12-10-17(11-13-24)22-23-19-4-2-3-5-20(19)28-22/h2-9,17H,10-14H2,1H3. The van der Waals surface area contributed by atoms with E-state index in [2.05, 4.69) is 6.07 Å². The second kappa shape index (κ2) is 8.10. The summed E-state index contributed by atoms with van der Waals surface area (Å²) in [5.41, 5.74) is 1.70. The second-order valence-electron chi connectivity index (χ2n) is 7.04. The third kappa shape index (κ3) is 4.07. The van der Waals surface area contributed by atoms with E-state index in [0.29, 0.717) is 17.2 Å². The van der Waals surface area contributed by atoms with E-state index < -0.39 is 0 Å². The molecular formula is C22H22N2O3S. The van der Waals surface area contributed by atoms with Gasteiger partial charge in [0.05, 0.1) is 15.2 Å². The molecule has 0 aliphatic carbocycles. The fourth-order valence-electron chi connectivity index (χ4n) is 3.46. The quantitative estimate of drug-likeness (QED) is 0.606. The number of aromatic nitrogens is 1. The third-order valence-electron chi connectivity index (χ3n) is 5.13. The molecule has 1 fully saturated rings. The second-order valence-corrected chi connectivity index (χ2v) is 8.11. The number of likely N-dealkylation sites (tertiary alicyclic amines) is 1. The fraction of sp³-hybridized carbons (Fsp3) is 0.318. The number of ketones is 1. The molecule has 0 saturated carbocycles. The van der Waals surface area contributed by atoms with Gasteiger partial charge in [-0.15, -0.1) is 11.3 Å². The lowest BCUT2D eigenvalue weighted by Crippen LogP contribution is -2.40. The van der Waals surface area contributed by atoms with Crippen LogP contribution in [0.4, 0.5) is 0 Å². The van der Waals surface area contributed by atoms with Gasteiger partial charge in [-0.05, 0) is 56.2 Å². The third-order valence-corrected chi connectivity index (χ3v) is 6.33. The van der Waals surface area contributed by atoms with E-state index >= 15 is 0 Å². The molecule has 0 radical (unpaired) electrons. The maximum Gasteiger partial charge on any atom is 0.260 e. The van der Waals surface area contributed by atoms with Gasteiger partial charge in [-0.1, -0.05) is 12.1 Å². The molecule has 2 aromatic carbocycles. The molecule has 0 bridgehead atoms. The highest BCUT2D eigenvalue weighted by Crippen LogP contribution is 2.33. The predicted molar refractivity (Wildman–Crippen MR) is 110 cm³/mol. The van der Waals surface area contributed by atoms with Gasteiger partial charge >= 0.3 is 0 Å². The van der Waals surface area contributed by atoms with Crippen LogP contribution in [0.2, 0.25) is 0 Å². The van der Waals surface area contributed by atoms with E-state index in [1.165, 1.54) is 16.6 Å². The lowest BCUT2D eigenvalue weighted by Gasteiger charge is -2.31. The van der Waals surface area contributed by atoms with Gasteiger partial charge in [0.25, 0.3) is 5.91 Å². The zero-order chi connectivity index (χ0) is 19.5. The molecule has 4 rings (SSSR count). The molecule has 1 aromatic heterocycles. The first-order valence-electron chi connectivity index (χ1n) is 9.47. The highest BCUT2D eigenvalue weighted by Gasteiger charge is 2.26. The Bertz CT molecular complexity index is 955. The van der Waals surface area contributed by atoms with Crippen LogP contribution < -0.4 is 4.74 Å². The molecule has 1 saturated heterocycles. The summed E-state index contributed by atoms with van der Waals surface area (Å²) in [6.45, 7) is 3.00. The maximum atomic E-state index is 12.5. The van der Waals surface area contributed by atoms with E-state index in [1.807, 2.05) is 23.1 Å².